The number of fused-ring (bicyclic) bond motifs is 1. The maximum atomic E-state index is 13.0. The van der Waals surface area contributed by atoms with Gasteiger partial charge in [0.05, 0.1) is 11.7 Å². The minimum atomic E-state index is -0.318. The van der Waals surface area contributed by atoms with Crippen LogP contribution < -0.4 is 5.32 Å². The summed E-state index contributed by atoms with van der Waals surface area (Å²) in [6.45, 7) is 4.07. The fourth-order valence-electron chi connectivity index (χ4n) is 5.28. The number of amides is 1. The predicted molar refractivity (Wildman–Crippen MR) is 91.7 cm³/mol. The Bertz CT molecular complexity index is 675. The molecule has 1 N–H and O–H groups in total. The van der Waals surface area contributed by atoms with Crippen molar-refractivity contribution in [3.8, 4) is 0 Å². The van der Waals surface area contributed by atoms with Crippen LogP contribution in [0.25, 0.3) is 0 Å². The van der Waals surface area contributed by atoms with E-state index < -0.39 is 0 Å². The van der Waals surface area contributed by atoms with Crippen LogP contribution in [0.2, 0.25) is 0 Å². The molecule has 5 rings (SSSR count). The van der Waals surface area contributed by atoms with Gasteiger partial charge in [0, 0.05) is 43.6 Å². The summed E-state index contributed by atoms with van der Waals surface area (Å²) in [7, 11) is 0. The summed E-state index contributed by atoms with van der Waals surface area (Å²) in [6.07, 6.45) is 5.35. The number of nitrogens with zero attached hydrogens (tertiary/aromatic N) is 1. The largest absolute Gasteiger partial charge is 0.370 e. The lowest BCUT2D eigenvalue weighted by Crippen LogP contribution is -2.41. The summed E-state index contributed by atoms with van der Waals surface area (Å²) < 4.78 is 19.4. The van der Waals surface area contributed by atoms with E-state index in [1.165, 1.54) is 50.1 Å². The van der Waals surface area contributed by atoms with Gasteiger partial charge in [0.15, 0.2) is 0 Å². The number of benzene rings is 1. The summed E-state index contributed by atoms with van der Waals surface area (Å²) in [6, 6.07) is 5.74. The Morgan fingerprint density at radius 3 is 2.84 bits per heavy atom. The number of rotatable bonds is 5. The van der Waals surface area contributed by atoms with Gasteiger partial charge in [-0.15, -0.1) is 0 Å². The monoisotopic (exact) mass is 344 g/mol. The lowest BCUT2D eigenvalue weighted by molar-refractivity contribution is 0.00244. The second-order valence-corrected chi connectivity index (χ2v) is 8.38. The van der Waals surface area contributed by atoms with Crippen molar-refractivity contribution < 1.29 is 13.9 Å². The second kappa shape index (κ2) is 5.78. The van der Waals surface area contributed by atoms with Crippen molar-refractivity contribution in [2.75, 3.05) is 26.2 Å². The van der Waals surface area contributed by atoms with E-state index in [9.17, 15) is 9.18 Å². The summed E-state index contributed by atoms with van der Waals surface area (Å²) in [5.74, 6) is 1.41. The number of carbonyl (C=O) groups is 1. The summed E-state index contributed by atoms with van der Waals surface area (Å²) in [5, 5.41) is 3.06. The van der Waals surface area contributed by atoms with Crippen LogP contribution in [0.1, 0.15) is 36.0 Å². The predicted octanol–water partition coefficient (Wildman–Crippen LogP) is 2.44. The van der Waals surface area contributed by atoms with Crippen molar-refractivity contribution in [3.05, 3.63) is 35.6 Å². The Morgan fingerprint density at radius 2 is 2.08 bits per heavy atom. The number of hydrogen-bond acceptors (Lipinski definition) is 3. The first-order valence-electron chi connectivity index (χ1n) is 9.57. The van der Waals surface area contributed by atoms with Crippen molar-refractivity contribution in [2.24, 2.45) is 17.8 Å². The second-order valence-electron chi connectivity index (χ2n) is 8.38. The third-order valence-electron chi connectivity index (χ3n) is 6.67. The van der Waals surface area contributed by atoms with E-state index in [4.69, 9.17) is 4.74 Å². The van der Waals surface area contributed by atoms with Gasteiger partial charge >= 0.3 is 0 Å². The molecule has 25 heavy (non-hydrogen) atoms. The first kappa shape index (κ1) is 15.8. The van der Waals surface area contributed by atoms with E-state index in [0.717, 1.165) is 25.4 Å². The molecule has 4 fully saturated rings. The molecule has 3 aliphatic heterocycles. The normalized spacial score (nSPS) is 36.6. The van der Waals surface area contributed by atoms with Crippen molar-refractivity contribution in [3.63, 3.8) is 0 Å². The Balaban J connectivity index is 1.23. The van der Waals surface area contributed by atoms with Crippen LogP contribution in [0.3, 0.4) is 0 Å². The lowest BCUT2D eigenvalue weighted by atomic mass is 9.73. The minimum Gasteiger partial charge on any atom is -0.370 e. The van der Waals surface area contributed by atoms with E-state index in [1.54, 1.807) is 0 Å². The fraction of sp³-hybridized carbons (Fsp3) is 0.650. The van der Waals surface area contributed by atoms with Gasteiger partial charge in [0.2, 0.25) is 0 Å². The molecule has 5 heteroatoms. The first-order chi connectivity index (χ1) is 12.1. The minimum absolute atomic E-state index is 0.0465. The SMILES string of the molecule is O=C(NC[C@H]1[C@H]2CN(CC3CC3)C[C@]23CC[C@H]1O3)c1ccc(F)cc1. The molecule has 3 saturated heterocycles. The molecule has 0 radical (unpaired) electrons. The third-order valence-corrected chi connectivity index (χ3v) is 6.67. The van der Waals surface area contributed by atoms with E-state index in [2.05, 4.69) is 10.2 Å². The molecule has 1 aromatic carbocycles. The highest BCUT2D eigenvalue weighted by atomic mass is 19.1. The molecule has 4 nitrogen and oxygen atoms in total. The number of likely N-dealkylation sites (tertiary alicyclic amines) is 1. The van der Waals surface area contributed by atoms with Crippen molar-refractivity contribution in [1.29, 1.82) is 0 Å². The summed E-state index contributed by atoms with van der Waals surface area (Å²) >= 11 is 0. The molecule has 134 valence electrons. The van der Waals surface area contributed by atoms with Crippen molar-refractivity contribution in [1.82, 2.24) is 10.2 Å². The van der Waals surface area contributed by atoms with E-state index >= 15 is 0 Å². The Kier molecular flexibility index (Phi) is 3.64. The zero-order valence-electron chi connectivity index (χ0n) is 14.4. The van der Waals surface area contributed by atoms with E-state index in [1.807, 2.05) is 0 Å². The van der Waals surface area contributed by atoms with Crippen LogP contribution in [0.5, 0.6) is 0 Å². The lowest BCUT2D eigenvalue weighted by Gasteiger charge is -2.29. The maximum Gasteiger partial charge on any atom is 0.251 e. The molecular weight excluding hydrogens is 319 g/mol. The Hall–Kier alpha value is -1.46. The summed E-state index contributed by atoms with van der Waals surface area (Å²) in [5.41, 5.74) is 0.562. The fourth-order valence-corrected chi connectivity index (χ4v) is 5.28. The van der Waals surface area contributed by atoms with Crippen LogP contribution in [0, 0.1) is 23.6 Å². The zero-order valence-corrected chi connectivity index (χ0v) is 14.4. The molecule has 1 amide bonds. The number of halogens is 1. The number of nitrogens with one attached hydrogen (secondary N) is 1. The Labute approximate surface area is 147 Å². The zero-order chi connectivity index (χ0) is 17.0. The van der Waals surface area contributed by atoms with Crippen LogP contribution >= 0.6 is 0 Å². The van der Waals surface area contributed by atoms with Gasteiger partial charge in [0.1, 0.15) is 5.82 Å². The van der Waals surface area contributed by atoms with Gasteiger partial charge in [-0.1, -0.05) is 0 Å². The number of ether oxygens (including phenoxy) is 1. The highest BCUT2D eigenvalue weighted by molar-refractivity contribution is 5.94. The molecule has 1 spiro atoms. The molecule has 4 atom stereocenters. The molecule has 1 aromatic rings. The molecule has 0 unspecified atom stereocenters. The van der Waals surface area contributed by atoms with Gasteiger partial charge < -0.3 is 10.1 Å². The van der Waals surface area contributed by atoms with Gasteiger partial charge in [0.25, 0.3) is 5.91 Å². The molecular formula is C20H25FN2O2. The smallest absolute Gasteiger partial charge is 0.251 e. The van der Waals surface area contributed by atoms with E-state index in [0.29, 0.717) is 30.0 Å². The third kappa shape index (κ3) is 2.77. The molecule has 1 aliphatic carbocycles. The topological polar surface area (TPSA) is 41.6 Å². The van der Waals surface area contributed by atoms with Gasteiger partial charge in [-0.05, 0) is 55.9 Å². The van der Waals surface area contributed by atoms with E-state index in [-0.39, 0.29) is 17.3 Å². The van der Waals surface area contributed by atoms with Gasteiger partial charge in [-0.3, -0.25) is 9.69 Å². The van der Waals surface area contributed by atoms with Crippen LogP contribution in [-0.4, -0.2) is 48.7 Å². The van der Waals surface area contributed by atoms with Crippen LogP contribution in [0.4, 0.5) is 4.39 Å². The first-order valence-corrected chi connectivity index (χ1v) is 9.57. The molecule has 0 aromatic heterocycles. The van der Waals surface area contributed by atoms with Crippen molar-refractivity contribution >= 4 is 5.91 Å². The Morgan fingerprint density at radius 1 is 1.28 bits per heavy atom. The van der Waals surface area contributed by atoms with Crippen molar-refractivity contribution in [2.45, 2.75) is 37.4 Å². The van der Waals surface area contributed by atoms with Crippen LogP contribution in [-0.2, 0) is 4.74 Å². The standard InChI is InChI=1S/C20H25FN2O2/c21-15-5-3-14(4-6-15)19(24)22-9-16-17-11-23(10-13-1-2-13)12-20(17)8-7-18(16)25-20/h3-6,13,16-18H,1-2,7-12H2,(H,22,24)/t16-,17+,18+,20+/m0/s1. The average molecular weight is 344 g/mol. The molecule has 3 heterocycles. The average Bonchev–Trinajstić information content (AvgIpc) is 3.10. The quantitative estimate of drug-likeness (QED) is 0.892. The highest BCUT2D eigenvalue weighted by Crippen LogP contribution is 2.55. The van der Waals surface area contributed by atoms with Crippen LogP contribution in [0.15, 0.2) is 24.3 Å². The molecule has 4 aliphatic rings. The van der Waals surface area contributed by atoms with Gasteiger partial charge in [-0.25, -0.2) is 4.39 Å². The molecule has 1 saturated carbocycles. The highest BCUT2D eigenvalue weighted by Gasteiger charge is 2.62. The molecule has 2 bridgehead atoms. The number of carbonyl (C=O) groups excluding carboxylic acids is 1. The number of hydrogen-bond donors (Lipinski definition) is 1. The maximum absolute atomic E-state index is 13.0. The van der Waals surface area contributed by atoms with Gasteiger partial charge in [-0.2, -0.15) is 0 Å². The summed E-state index contributed by atoms with van der Waals surface area (Å²) in [4.78, 5) is 14.9.